The Morgan fingerprint density at radius 2 is 2.14 bits per heavy atom. The van der Waals surface area contributed by atoms with Gasteiger partial charge in [0.15, 0.2) is 5.17 Å². The summed E-state index contributed by atoms with van der Waals surface area (Å²) in [5, 5.41) is 19.8. The lowest BCUT2D eigenvalue weighted by molar-refractivity contribution is 0.0696. The molecule has 0 spiro atoms. The molecule has 2 N–H and O–H groups in total. The van der Waals surface area contributed by atoms with Gasteiger partial charge in [0.2, 0.25) is 0 Å². The number of carboxylic acid groups (broad SMARTS) is 1. The zero-order valence-corrected chi connectivity index (χ0v) is 9.08. The van der Waals surface area contributed by atoms with Crippen molar-refractivity contribution < 1.29 is 15.1 Å². The van der Waals surface area contributed by atoms with Crippen molar-refractivity contribution in [3.05, 3.63) is 33.8 Å². The van der Waals surface area contributed by atoms with Gasteiger partial charge in [-0.05, 0) is 28.1 Å². The van der Waals surface area contributed by atoms with E-state index in [1.807, 2.05) is 0 Å². The second-order valence-electron chi connectivity index (χ2n) is 2.39. The van der Waals surface area contributed by atoms with E-state index in [2.05, 4.69) is 21.1 Å². The number of aromatic carboxylic acids is 1. The number of benzene rings is 1. The van der Waals surface area contributed by atoms with E-state index in [4.69, 9.17) is 21.9 Å². The second kappa shape index (κ2) is 4.43. The van der Waals surface area contributed by atoms with E-state index < -0.39 is 5.97 Å². The number of nitrogens with zero attached hydrogens (tertiary/aromatic N) is 1. The molecule has 0 aliphatic carbocycles. The van der Waals surface area contributed by atoms with Crippen molar-refractivity contribution in [1.82, 2.24) is 0 Å². The third-order valence-electron chi connectivity index (χ3n) is 1.53. The number of carboxylic acids is 1. The summed E-state index contributed by atoms with van der Waals surface area (Å²) in [5.41, 5.74) is 0.558. The van der Waals surface area contributed by atoms with Gasteiger partial charge in [0, 0.05) is 10.0 Å². The van der Waals surface area contributed by atoms with Gasteiger partial charge in [-0.15, -0.1) is 0 Å². The van der Waals surface area contributed by atoms with Crippen molar-refractivity contribution in [2.75, 3.05) is 0 Å². The van der Waals surface area contributed by atoms with Crippen molar-refractivity contribution in [3.63, 3.8) is 0 Å². The quantitative estimate of drug-likeness (QED) is 0.496. The van der Waals surface area contributed by atoms with Gasteiger partial charge in [0.25, 0.3) is 0 Å². The summed E-state index contributed by atoms with van der Waals surface area (Å²) in [4.78, 5) is 10.6. The summed E-state index contributed by atoms with van der Waals surface area (Å²) >= 11 is 8.60. The van der Waals surface area contributed by atoms with Crippen LogP contribution in [0.2, 0.25) is 0 Å². The minimum Gasteiger partial charge on any atom is -0.478 e. The summed E-state index contributed by atoms with van der Waals surface area (Å²) in [7, 11) is 0. The molecule has 0 fully saturated rings. The van der Waals surface area contributed by atoms with Gasteiger partial charge in [-0.2, -0.15) is 0 Å². The van der Waals surface area contributed by atoms with E-state index in [1.165, 1.54) is 18.2 Å². The highest BCUT2D eigenvalue weighted by molar-refractivity contribution is 9.10. The average Bonchev–Trinajstić information content (AvgIpc) is 2.15. The second-order valence-corrected chi connectivity index (χ2v) is 3.60. The molecule has 4 nitrogen and oxygen atoms in total. The highest BCUT2D eigenvalue weighted by Crippen LogP contribution is 2.19. The van der Waals surface area contributed by atoms with Gasteiger partial charge in [-0.1, -0.05) is 22.8 Å². The predicted octanol–water partition coefficient (Wildman–Crippen LogP) is 2.52. The van der Waals surface area contributed by atoms with Crippen LogP contribution < -0.4 is 0 Å². The molecule has 6 heteroatoms. The minimum absolute atomic E-state index is 0.0948. The third kappa shape index (κ3) is 2.24. The van der Waals surface area contributed by atoms with Crippen molar-refractivity contribution in [3.8, 4) is 0 Å². The largest absolute Gasteiger partial charge is 0.478 e. The van der Waals surface area contributed by atoms with Gasteiger partial charge in [-0.25, -0.2) is 4.79 Å². The lowest BCUT2D eigenvalue weighted by atomic mass is 10.1. The first kappa shape index (κ1) is 11.0. The normalized spacial score (nSPS) is 11.4. The number of rotatable bonds is 2. The van der Waals surface area contributed by atoms with Crippen LogP contribution in [0.5, 0.6) is 0 Å². The first-order valence-electron chi connectivity index (χ1n) is 3.47. The first-order valence-corrected chi connectivity index (χ1v) is 4.64. The maximum Gasteiger partial charge on any atom is 0.336 e. The molecule has 74 valence electrons. The zero-order chi connectivity index (χ0) is 10.7. The third-order valence-corrected chi connectivity index (χ3v) is 2.48. The van der Waals surface area contributed by atoms with Gasteiger partial charge in [-0.3, -0.25) is 0 Å². The Kier molecular flexibility index (Phi) is 3.49. The van der Waals surface area contributed by atoms with Gasteiger partial charge < -0.3 is 10.3 Å². The Balaban J connectivity index is 3.19. The first-order chi connectivity index (χ1) is 6.56. The minimum atomic E-state index is -1.04. The Morgan fingerprint density at radius 3 is 2.57 bits per heavy atom. The summed E-state index contributed by atoms with van der Waals surface area (Å²) < 4.78 is 0.379. The van der Waals surface area contributed by atoms with Crippen LogP contribution in [0.4, 0.5) is 0 Å². The molecule has 0 aliphatic rings. The molecule has 0 aromatic heterocycles. The Hall–Kier alpha value is -1.07. The monoisotopic (exact) mass is 277 g/mol. The predicted molar refractivity (Wildman–Crippen MR) is 55.3 cm³/mol. The molecule has 0 heterocycles. The summed E-state index contributed by atoms with van der Waals surface area (Å²) in [6, 6.07) is 4.29. The van der Waals surface area contributed by atoms with E-state index in [0.717, 1.165) is 0 Å². The molecule has 0 radical (unpaired) electrons. The van der Waals surface area contributed by atoms with Crippen LogP contribution in [-0.4, -0.2) is 21.5 Å². The van der Waals surface area contributed by atoms with Crippen molar-refractivity contribution in [1.29, 1.82) is 0 Å². The summed E-state index contributed by atoms with van der Waals surface area (Å²) in [5.74, 6) is -1.04. The Labute approximate surface area is 92.9 Å². The van der Waals surface area contributed by atoms with Crippen LogP contribution in [0.1, 0.15) is 15.9 Å². The van der Waals surface area contributed by atoms with E-state index in [1.54, 1.807) is 0 Å². The van der Waals surface area contributed by atoms with Crippen LogP contribution in [0.15, 0.2) is 27.8 Å². The molecule has 0 saturated heterocycles. The maximum absolute atomic E-state index is 10.6. The summed E-state index contributed by atoms with van der Waals surface area (Å²) in [6.07, 6.45) is 0. The average molecular weight is 278 g/mol. The van der Waals surface area contributed by atoms with E-state index in [-0.39, 0.29) is 10.7 Å². The Morgan fingerprint density at radius 1 is 1.50 bits per heavy atom. The SMILES string of the molecule is O=C(O)c1ccc(/C(Cl)=N\O)cc1Br. The lowest BCUT2D eigenvalue weighted by Gasteiger charge is -2.01. The molecule has 1 aromatic carbocycles. The molecule has 1 rings (SSSR count). The molecular weight excluding hydrogens is 273 g/mol. The molecule has 1 aromatic rings. The Bertz CT molecular complexity index is 406. The maximum atomic E-state index is 10.6. The fraction of sp³-hybridized carbons (Fsp3) is 0. The number of carbonyl (C=O) groups is 1. The topological polar surface area (TPSA) is 69.9 Å². The number of halogens is 2. The molecular formula is C8H5BrClNO3. The van der Waals surface area contributed by atoms with Crippen molar-refractivity contribution >= 4 is 38.7 Å². The van der Waals surface area contributed by atoms with E-state index in [9.17, 15) is 4.79 Å². The van der Waals surface area contributed by atoms with Crippen LogP contribution in [0.25, 0.3) is 0 Å². The molecule has 0 saturated carbocycles. The van der Waals surface area contributed by atoms with Crippen molar-refractivity contribution in [2.24, 2.45) is 5.16 Å². The van der Waals surface area contributed by atoms with Crippen LogP contribution in [0, 0.1) is 0 Å². The number of hydrogen-bond acceptors (Lipinski definition) is 3. The zero-order valence-electron chi connectivity index (χ0n) is 6.74. The van der Waals surface area contributed by atoms with Gasteiger partial charge in [0.05, 0.1) is 5.56 Å². The molecule has 0 atom stereocenters. The van der Waals surface area contributed by atoms with Crippen LogP contribution in [-0.2, 0) is 0 Å². The fourth-order valence-electron chi connectivity index (χ4n) is 0.875. The highest BCUT2D eigenvalue weighted by atomic mass is 79.9. The van der Waals surface area contributed by atoms with Crippen molar-refractivity contribution in [2.45, 2.75) is 0 Å². The van der Waals surface area contributed by atoms with Crippen LogP contribution >= 0.6 is 27.5 Å². The van der Waals surface area contributed by atoms with Crippen LogP contribution in [0.3, 0.4) is 0 Å². The molecule has 0 unspecified atom stereocenters. The summed E-state index contributed by atoms with van der Waals surface area (Å²) in [6.45, 7) is 0. The van der Waals surface area contributed by atoms with Gasteiger partial charge >= 0.3 is 5.97 Å². The smallest absolute Gasteiger partial charge is 0.336 e. The molecule has 14 heavy (non-hydrogen) atoms. The standard InChI is InChI=1S/C8H5BrClNO3/c9-6-3-4(7(10)11-14)1-2-5(6)8(12)13/h1-3,14H,(H,12,13)/b11-7+. The molecule has 0 bridgehead atoms. The van der Waals surface area contributed by atoms with E-state index in [0.29, 0.717) is 10.0 Å². The van der Waals surface area contributed by atoms with E-state index >= 15 is 0 Å². The fourth-order valence-corrected chi connectivity index (χ4v) is 1.54. The highest BCUT2D eigenvalue weighted by Gasteiger charge is 2.10. The number of oxime groups is 1. The molecule has 0 amide bonds. The number of hydrogen-bond donors (Lipinski definition) is 2. The van der Waals surface area contributed by atoms with Gasteiger partial charge in [0.1, 0.15) is 0 Å². The lowest BCUT2D eigenvalue weighted by Crippen LogP contribution is -1.99. The molecule has 0 aliphatic heterocycles.